The molecule has 0 unspecified atom stereocenters. The number of nitrogens with two attached hydrogens (primary N) is 1. The first-order valence-electron chi connectivity index (χ1n) is 7.06. The number of nitrogens with zero attached hydrogens (tertiary/aromatic N) is 3. The van der Waals surface area contributed by atoms with Crippen molar-refractivity contribution in [1.29, 1.82) is 0 Å². The highest BCUT2D eigenvalue weighted by atomic mass is 32.1. The summed E-state index contributed by atoms with van der Waals surface area (Å²) >= 11 is 1.32. The molecule has 1 aliphatic heterocycles. The van der Waals surface area contributed by atoms with Crippen LogP contribution in [0.5, 0.6) is 0 Å². The quantitative estimate of drug-likeness (QED) is 0.867. The van der Waals surface area contributed by atoms with Crippen LogP contribution in [-0.4, -0.2) is 53.9 Å². The summed E-state index contributed by atoms with van der Waals surface area (Å²) in [6.45, 7) is 11.0. The normalized spacial score (nSPS) is 16.7. The molecule has 0 bridgehead atoms. The molecule has 1 amide bonds. The van der Waals surface area contributed by atoms with Crippen molar-refractivity contribution in [3.8, 4) is 0 Å². The highest BCUT2D eigenvalue weighted by Gasteiger charge is 2.26. The predicted octanol–water partition coefficient (Wildman–Crippen LogP) is 1.01. The number of hydrogen-bond acceptors (Lipinski definition) is 6. The van der Waals surface area contributed by atoms with E-state index in [1.54, 1.807) is 0 Å². The van der Waals surface area contributed by atoms with Crippen LogP contribution >= 0.6 is 11.5 Å². The summed E-state index contributed by atoms with van der Waals surface area (Å²) in [4.78, 5) is 16.9. The van der Waals surface area contributed by atoms with Crippen LogP contribution in [0.3, 0.4) is 0 Å². The minimum absolute atomic E-state index is 0.0894. The van der Waals surface area contributed by atoms with Crippen LogP contribution in [0, 0.1) is 0 Å². The van der Waals surface area contributed by atoms with Crippen molar-refractivity contribution in [3.63, 3.8) is 0 Å². The van der Waals surface area contributed by atoms with Gasteiger partial charge in [0.25, 0.3) is 5.91 Å². The number of likely N-dealkylation sites (N-methyl/N-ethyl adjacent to an activating group) is 1. The highest BCUT2D eigenvalue weighted by Crippen LogP contribution is 2.31. The van der Waals surface area contributed by atoms with Gasteiger partial charge in [-0.1, -0.05) is 6.92 Å². The van der Waals surface area contributed by atoms with Gasteiger partial charge in [0.2, 0.25) is 0 Å². The van der Waals surface area contributed by atoms with E-state index in [-0.39, 0.29) is 11.9 Å². The first-order valence-corrected chi connectivity index (χ1v) is 7.83. The Balaban J connectivity index is 2.15. The summed E-state index contributed by atoms with van der Waals surface area (Å²) in [6, 6.07) is 0.0894. The molecule has 0 spiro atoms. The number of carbonyl (C=O) groups is 1. The zero-order valence-corrected chi connectivity index (χ0v) is 13.2. The van der Waals surface area contributed by atoms with Crippen LogP contribution < -0.4 is 16.0 Å². The van der Waals surface area contributed by atoms with Crippen molar-refractivity contribution < 1.29 is 4.79 Å². The molecule has 1 aromatic heterocycles. The van der Waals surface area contributed by atoms with E-state index in [9.17, 15) is 4.79 Å². The minimum Gasteiger partial charge on any atom is -0.382 e. The van der Waals surface area contributed by atoms with E-state index in [1.165, 1.54) is 11.5 Å². The third kappa shape index (κ3) is 3.21. The van der Waals surface area contributed by atoms with E-state index in [4.69, 9.17) is 5.73 Å². The highest BCUT2D eigenvalue weighted by molar-refractivity contribution is 7.11. The van der Waals surface area contributed by atoms with Gasteiger partial charge in [0, 0.05) is 32.2 Å². The van der Waals surface area contributed by atoms with E-state index in [0.29, 0.717) is 11.4 Å². The van der Waals surface area contributed by atoms with Crippen molar-refractivity contribution in [2.24, 2.45) is 0 Å². The molecule has 1 aliphatic rings. The van der Waals surface area contributed by atoms with Gasteiger partial charge in [0.05, 0.1) is 0 Å². The summed E-state index contributed by atoms with van der Waals surface area (Å²) < 4.78 is 4.16. The number of anilines is 2. The molecule has 1 fully saturated rings. The molecule has 0 atom stereocenters. The molecule has 0 aliphatic carbocycles. The van der Waals surface area contributed by atoms with Gasteiger partial charge in [-0.3, -0.25) is 4.79 Å². The lowest BCUT2D eigenvalue weighted by Crippen LogP contribution is -2.46. The Morgan fingerprint density at radius 1 is 1.40 bits per heavy atom. The lowest BCUT2D eigenvalue weighted by molar-refractivity contribution is 0.0944. The smallest absolute Gasteiger partial charge is 0.258 e. The molecule has 3 N–H and O–H groups in total. The average Bonchev–Trinajstić information content (AvgIpc) is 2.80. The zero-order chi connectivity index (χ0) is 14.7. The summed E-state index contributed by atoms with van der Waals surface area (Å²) in [5.41, 5.74) is 6.42. The maximum absolute atomic E-state index is 12.3. The number of piperazine rings is 1. The number of amides is 1. The first kappa shape index (κ1) is 15.1. The van der Waals surface area contributed by atoms with Gasteiger partial charge in [-0.15, -0.1) is 0 Å². The largest absolute Gasteiger partial charge is 0.382 e. The lowest BCUT2D eigenvalue weighted by Gasteiger charge is -2.34. The summed E-state index contributed by atoms with van der Waals surface area (Å²) in [6.07, 6.45) is 0. The summed E-state index contributed by atoms with van der Waals surface area (Å²) in [5, 5.41) is 3.80. The van der Waals surface area contributed by atoms with Gasteiger partial charge in [0.15, 0.2) is 5.82 Å². The van der Waals surface area contributed by atoms with Crippen molar-refractivity contribution >= 4 is 28.3 Å². The van der Waals surface area contributed by atoms with Crippen LogP contribution in [0.25, 0.3) is 0 Å². The van der Waals surface area contributed by atoms with Gasteiger partial charge in [0.1, 0.15) is 10.6 Å². The summed E-state index contributed by atoms with van der Waals surface area (Å²) in [7, 11) is 0. The molecule has 6 nitrogen and oxygen atoms in total. The Kier molecular flexibility index (Phi) is 4.82. The van der Waals surface area contributed by atoms with E-state index < -0.39 is 0 Å². The lowest BCUT2D eigenvalue weighted by atomic mass is 10.2. The maximum atomic E-state index is 12.3. The first-order chi connectivity index (χ1) is 9.52. The number of nitrogen functional groups attached to an aromatic ring is 1. The Morgan fingerprint density at radius 3 is 2.60 bits per heavy atom. The van der Waals surface area contributed by atoms with Crippen LogP contribution in [0.4, 0.5) is 10.8 Å². The molecule has 1 saturated heterocycles. The van der Waals surface area contributed by atoms with Gasteiger partial charge in [-0.25, -0.2) is 0 Å². The monoisotopic (exact) mass is 297 g/mol. The SMILES string of the molecule is CCN1CCN(c2snc(N)c2C(=O)NC(C)C)CC1. The van der Waals surface area contributed by atoms with E-state index in [2.05, 4.69) is 26.4 Å². The molecule has 7 heteroatoms. The number of aromatic nitrogens is 1. The molecular formula is C13H23N5OS. The molecule has 0 saturated carbocycles. The van der Waals surface area contributed by atoms with Crippen LogP contribution in [0.2, 0.25) is 0 Å². The Hall–Kier alpha value is -1.34. The molecule has 0 aromatic carbocycles. The second-order valence-corrected chi connectivity index (χ2v) is 6.05. The maximum Gasteiger partial charge on any atom is 0.258 e. The fraction of sp³-hybridized carbons (Fsp3) is 0.692. The minimum atomic E-state index is -0.126. The summed E-state index contributed by atoms with van der Waals surface area (Å²) in [5.74, 6) is 0.209. The topological polar surface area (TPSA) is 74.5 Å². The average molecular weight is 297 g/mol. The van der Waals surface area contributed by atoms with E-state index in [0.717, 1.165) is 37.7 Å². The van der Waals surface area contributed by atoms with E-state index >= 15 is 0 Å². The second-order valence-electron chi connectivity index (χ2n) is 5.30. The molecule has 0 radical (unpaired) electrons. The van der Waals surface area contributed by atoms with Crippen molar-refractivity contribution in [3.05, 3.63) is 5.56 Å². The third-order valence-electron chi connectivity index (χ3n) is 3.45. The van der Waals surface area contributed by atoms with Crippen molar-refractivity contribution in [1.82, 2.24) is 14.6 Å². The molecule has 112 valence electrons. The number of nitrogens with one attached hydrogen (secondary N) is 1. The molecule has 20 heavy (non-hydrogen) atoms. The fourth-order valence-electron chi connectivity index (χ4n) is 2.32. The van der Waals surface area contributed by atoms with E-state index in [1.807, 2.05) is 13.8 Å². The molecule has 2 rings (SSSR count). The third-order valence-corrected chi connectivity index (χ3v) is 4.38. The molecule has 2 heterocycles. The van der Waals surface area contributed by atoms with Gasteiger partial charge < -0.3 is 20.9 Å². The van der Waals surface area contributed by atoms with Gasteiger partial charge in [-0.2, -0.15) is 4.37 Å². The van der Waals surface area contributed by atoms with Crippen molar-refractivity contribution in [2.45, 2.75) is 26.8 Å². The molecular weight excluding hydrogens is 274 g/mol. The van der Waals surface area contributed by atoms with Crippen molar-refractivity contribution in [2.75, 3.05) is 43.4 Å². The van der Waals surface area contributed by atoms with Crippen LogP contribution in [-0.2, 0) is 0 Å². The Bertz CT molecular complexity index is 465. The zero-order valence-electron chi connectivity index (χ0n) is 12.3. The standard InChI is InChI=1S/C13H23N5OS/c1-4-17-5-7-18(8-6-17)13-10(11(14)16-20-13)12(19)15-9(2)3/h9H,4-8H2,1-3H3,(H2,14,16)(H,15,19). The fourth-order valence-corrected chi connectivity index (χ4v) is 3.19. The molecule has 1 aromatic rings. The van der Waals surface area contributed by atoms with Gasteiger partial charge >= 0.3 is 0 Å². The van der Waals surface area contributed by atoms with Crippen LogP contribution in [0.15, 0.2) is 0 Å². The number of rotatable bonds is 4. The number of carbonyl (C=O) groups excluding carboxylic acids is 1. The van der Waals surface area contributed by atoms with Crippen LogP contribution in [0.1, 0.15) is 31.1 Å². The Morgan fingerprint density at radius 2 is 2.05 bits per heavy atom. The number of hydrogen-bond donors (Lipinski definition) is 2. The Labute approximate surface area is 124 Å². The second kappa shape index (κ2) is 6.41. The predicted molar refractivity (Wildman–Crippen MR) is 83.5 cm³/mol. The van der Waals surface area contributed by atoms with Gasteiger partial charge in [-0.05, 0) is 31.9 Å².